The van der Waals surface area contributed by atoms with Crippen molar-refractivity contribution >= 4 is 5.91 Å². The zero-order chi connectivity index (χ0) is 59.3. The van der Waals surface area contributed by atoms with E-state index in [2.05, 4.69) is 141 Å². The minimum atomic E-state index is -1.57. The second-order valence-electron chi connectivity index (χ2n) is 22.9. The lowest BCUT2D eigenvalue weighted by Gasteiger charge is -2.40. The molecule has 0 aromatic heterocycles. The van der Waals surface area contributed by atoms with Crippen LogP contribution in [0.3, 0.4) is 0 Å². The molecular formula is C73H125NO8. The summed E-state index contributed by atoms with van der Waals surface area (Å²) in [6, 6.07) is -0.754. The SMILES string of the molecule is CC/C=C\C/C=C\C/C=C\C/C=C\C/C=C\C/C=C\C/C=C\C/C=C\C/C=C\C/C=C\CCCCC(=O)NC(COC1OC(CO)C(O)C(O)C1O)C(O)CCCCCCCCCCCCCCCCCCCCCCCCCCCC. The number of amides is 1. The highest BCUT2D eigenvalue weighted by Gasteiger charge is 2.44. The average molecular weight is 1140 g/mol. The Morgan fingerprint density at radius 2 is 0.756 bits per heavy atom. The second kappa shape index (κ2) is 60.7. The number of carbonyl (C=O) groups excluding carboxylic acids is 1. The number of hydrogen-bond acceptors (Lipinski definition) is 8. The van der Waals surface area contributed by atoms with Crippen LogP contribution in [0.2, 0.25) is 0 Å². The second-order valence-corrected chi connectivity index (χ2v) is 22.9. The Morgan fingerprint density at radius 3 is 1.10 bits per heavy atom. The minimum absolute atomic E-state index is 0.163. The zero-order valence-electron chi connectivity index (χ0n) is 52.5. The molecule has 9 nitrogen and oxygen atoms in total. The van der Waals surface area contributed by atoms with E-state index in [0.717, 1.165) is 96.3 Å². The van der Waals surface area contributed by atoms with Crippen molar-refractivity contribution in [2.75, 3.05) is 13.2 Å². The molecule has 9 heteroatoms. The summed E-state index contributed by atoms with van der Waals surface area (Å²) >= 11 is 0. The topological polar surface area (TPSA) is 149 Å². The first-order chi connectivity index (χ1) is 40.3. The Kier molecular flexibility index (Phi) is 56.7. The van der Waals surface area contributed by atoms with Gasteiger partial charge in [0.1, 0.15) is 24.4 Å². The van der Waals surface area contributed by atoms with Crippen LogP contribution in [0.5, 0.6) is 0 Å². The van der Waals surface area contributed by atoms with Crippen molar-refractivity contribution in [3.05, 3.63) is 122 Å². The number of nitrogens with one attached hydrogen (secondary N) is 1. The van der Waals surface area contributed by atoms with Crippen LogP contribution in [0.4, 0.5) is 0 Å². The highest BCUT2D eigenvalue weighted by atomic mass is 16.7. The third-order valence-electron chi connectivity index (χ3n) is 15.3. The van der Waals surface area contributed by atoms with Gasteiger partial charge in [0.15, 0.2) is 6.29 Å². The molecule has 470 valence electrons. The van der Waals surface area contributed by atoms with Gasteiger partial charge in [-0.1, -0.05) is 302 Å². The van der Waals surface area contributed by atoms with Gasteiger partial charge in [0.2, 0.25) is 5.91 Å². The molecule has 1 rings (SSSR count). The van der Waals surface area contributed by atoms with Crippen molar-refractivity contribution in [2.45, 2.75) is 320 Å². The van der Waals surface area contributed by atoms with Gasteiger partial charge in [-0.25, -0.2) is 0 Å². The first kappa shape index (κ1) is 76.6. The third kappa shape index (κ3) is 48.9. The summed E-state index contributed by atoms with van der Waals surface area (Å²) in [5, 5.41) is 54.9. The molecule has 0 aromatic carbocycles. The van der Waals surface area contributed by atoms with Gasteiger partial charge >= 0.3 is 0 Å². The number of rotatable bonds is 57. The minimum Gasteiger partial charge on any atom is -0.394 e. The monoisotopic (exact) mass is 1140 g/mol. The predicted octanol–water partition coefficient (Wildman–Crippen LogP) is 18.2. The van der Waals surface area contributed by atoms with Crippen molar-refractivity contribution in [3.8, 4) is 0 Å². The summed E-state index contributed by atoms with van der Waals surface area (Å²) in [5.74, 6) is -0.188. The number of allylic oxidation sites excluding steroid dienone is 20. The quantitative estimate of drug-likeness (QED) is 0.0261. The van der Waals surface area contributed by atoms with Gasteiger partial charge in [-0.15, -0.1) is 0 Å². The van der Waals surface area contributed by atoms with E-state index in [1.54, 1.807) is 0 Å². The largest absolute Gasteiger partial charge is 0.394 e. The molecule has 0 aliphatic carbocycles. The Morgan fingerprint density at radius 1 is 0.427 bits per heavy atom. The molecule has 1 amide bonds. The van der Waals surface area contributed by atoms with Gasteiger partial charge in [-0.05, 0) is 89.9 Å². The van der Waals surface area contributed by atoms with Gasteiger partial charge in [0, 0.05) is 6.42 Å². The molecule has 7 unspecified atom stereocenters. The van der Waals surface area contributed by atoms with Gasteiger partial charge in [-0.2, -0.15) is 0 Å². The summed E-state index contributed by atoms with van der Waals surface area (Å²) in [4.78, 5) is 13.1. The van der Waals surface area contributed by atoms with Crippen molar-refractivity contribution in [1.29, 1.82) is 0 Å². The third-order valence-corrected chi connectivity index (χ3v) is 15.3. The molecule has 0 spiro atoms. The van der Waals surface area contributed by atoms with Crippen molar-refractivity contribution in [1.82, 2.24) is 5.32 Å². The Bertz CT molecular complexity index is 1710. The van der Waals surface area contributed by atoms with E-state index >= 15 is 0 Å². The maximum absolute atomic E-state index is 13.1. The van der Waals surface area contributed by atoms with Gasteiger partial charge in [0.05, 0.1) is 25.4 Å². The zero-order valence-corrected chi connectivity index (χ0v) is 52.5. The number of carbonyl (C=O) groups is 1. The fourth-order valence-electron chi connectivity index (χ4n) is 10.1. The van der Waals surface area contributed by atoms with Gasteiger partial charge in [-0.3, -0.25) is 4.79 Å². The molecule has 82 heavy (non-hydrogen) atoms. The van der Waals surface area contributed by atoms with E-state index in [1.165, 1.54) is 148 Å². The smallest absolute Gasteiger partial charge is 0.220 e. The van der Waals surface area contributed by atoms with E-state index < -0.39 is 49.5 Å². The highest BCUT2D eigenvalue weighted by Crippen LogP contribution is 2.23. The van der Waals surface area contributed by atoms with Gasteiger partial charge in [0.25, 0.3) is 0 Å². The molecular weight excluding hydrogens is 1020 g/mol. The van der Waals surface area contributed by atoms with E-state index in [0.29, 0.717) is 19.3 Å². The number of unbranched alkanes of at least 4 members (excludes halogenated alkanes) is 27. The van der Waals surface area contributed by atoms with E-state index in [-0.39, 0.29) is 12.5 Å². The van der Waals surface area contributed by atoms with Crippen LogP contribution in [0.25, 0.3) is 0 Å². The molecule has 0 radical (unpaired) electrons. The molecule has 1 aliphatic heterocycles. The van der Waals surface area contributed by atoms with Crippen LogP contribution in [-0.4, -0.2) is 87.5 Å². The maximum Gasteiger partial charge on any atom is 0.220 e. The Hall–Kier alpha value is -3.41. The first-order valence-corrected chi connectivity index (χ1v) is 33.7. The summed E-state index contributed by atoms with van der Waals surface area (Å²) in [6.07, 6.45) is 83.9. The summed E-state index contributed by atoms with van der Waals surface area (Å²) in [5.41, 5.74) is 0. The number of aliphatic hydroxyl groups excluding tert-OH is 5. The molecule has 0 aromatic rings. The molecule has 0 bridgehead atoms. The normalized spacial score (nSPS) is 19.1. The van der Waals surface area contributed by atoms with Crippen LogP contribution in [0, 0.1) is 0 Å². The van der Waals surface area contributed by atoms with E-state index in [4.69, 9.17) is 9.47 Å². The van der Waals surface area contributed by atoms with Crippen LogP contribution in [0.1, 0.15) is 277 Å². The highest BCUT2D eigenvalue weighted by molar-refractivity contribution is 5.76. The lowest BCUT2D eigenvalue weighted by Crippen LogP contribution is -2.60. The Balaban J connectivity index is 2.21. The predicted molar refractivity (Wildman–Crippen MR) is 350 cm³/mol. The fourth-order valence-corrected chi connectivity index (χ4v) is 10.1. The van der Waals surface area contributed by atoms with E-state index in [1.807, 2.05) is 0 Å². The van der Waals surface area contributed by atoms with Gasteiger partial charge < -0.3 is 40.3 Å². The van der Waals surface area contributed by atoms with Crippen molar-refractivity contribution < 1.29 is 39.8 Å². The van der Waals surface area contributed by atoms with Crippen LogP contribution in [-0.2, 0) is 14.3 Å². The van der Waals surface area contributed by atoms with Crippen LogP contribution >= 0.6 is 0 Å². The molecule has 1 fully saturated rings. The van der Waals surface area contributed by atoms with Crippen LogP contribution < -0.4 is 5.32 Å². The maximum atomic E-state index is 13.1. The number of ether oxygens (including phenoxy) is 2. The molecule has 6 N–H and O–H groups in total. The van der Waals surface area contributed by atoms with E-state index in [9.17, 15) is 30.3 Å². The first-order valence-electron chi connectivity index (χ1n) is 33.7. The van der Waals surface area contributed by atoms with Crippen molar-refractivity contribution in [3.63, 3.8) is 0 Å². The number of aliphatic hydroxyl groups is 5. The molecule has 1 saturated heterocycles. The average Bonchev–Trinajstić information content (AvgIpc) is 3.57. The molecule has 0 saturated carbocycles. The molecule has 1 heterocycles. The standard InChI is InChI=1S/C73H125NO8/c1-3-5-7-9-11-13-15-17-19-21-23-25-27-29-31-32-33-34-35-36-37-39-41-43-45-47-49-51-53-55-57-59-61-63-69(77)74-66(65-81-73-72(80)71(79)70(78)68(64-75)82-73)67(76)62-60-58-56-54-52-50-48-46-44-42-40-38-30-28-26-24-22-20-18-16-14-12-10-8-6-4-2/h5,7,11,13,17,19,23,25,29,31,33-34,36-37,41,43,47,49,53,55,66-68,70-73,75-76,78-80H,3-4,6,8-10,12,14-16,18,20-22,24,26-28,30,32,35,38-40,42,44-46,48,50-52,54,56-65H2,1-2H3,(H,74,77)/b7-5-,13-11-,19-17-,25-23-,31-29-,34-33-,37-36-,43-41-,49-47-,55-53-. The summed E-state index contributed by atoms with van der Waals surface area (Å²) in [6.45, 7) is 3.72. The Labute approximate surface area is 503 Å². The van der Waals surface area contributed by atoms with Crippen LogP contribution in [0.15, 0.2) is 122 Å². The van der Waals surface area contributed by atoms with Crippen molar-refractivity contribution in [2.24, 2.45) is 0 Å². The molecule has 1 aliphatic rings. The molecule has 7 atom stereocenters. The lowest BCUT2D eigenvalue weighted by atomic mass is 9.99. The fraction of sp³-hybridized carbons (Fsp3) is 0.712. The summed E-state index contributed by atoms with van der Waals surface area (Å²) < 4.78 is 11.3. The number of hydrogen-bond donors (Lipinski definition) is 6. The summed E-state index contributed by atoms with van der Waals surface area (Å²) in [7, 11) is 0. The lowest BCUT2D eigenvalue weighted by molar-refractivity contribution is -0.302.